The molecule has 0 saturated heterocycles. The monoisotopic (exact) mass is 590 g/mol. The minimum atomic E-state index is -1.72. The van der Waals surface area contributed by atoms with Gasteiger partial charge in [-0.05, 0) is 66.1 Å². The average molecular weight is 591 g/mol. The first-order valence-electron chi connectivity index (χ1n) is 14.5. The molecule has 0 heterocycles. The molecule has 0 saturated carbocycles. The molecule has 40 heavy (non-hydrogen) atoms. The third-order valence-electron chi connectivity index (χ3n) is 8.15. The van der Waals surface area contributed by atoms with Gasteiger partial charge >= 0.3 is 0 Å². The van der Waals surface area contributed by atoms with Crippen LogP contribution in [0.25, 0.3) is 0 Å². The summed E-state index contributed by atoms with van der Waals surface area (Å²) < 4.78 is 29.8. The van der Waals surface area contributed by atoms with Crippen LogP contribution in [-0.4, -0.2) is 48.2 Å². The van der Waals surface area contributed by atoms with E-state index in [1.54, 1.807) is 0 Å². The molecule has 0 spiro atoms. The maximum Gasteiger partial charge on any atom is 0.191 e. The number of hydrogen-bond acceptors (Lipinski definition) is 6. The summed E-state index contributed by atoms with van der Waals surface area (Å²) in [7, 11) is -3.42. The van der Waals surface area contributed by atoms with Gasteiger partial charge < -0.3 is 28.2 Å². The van der Waals surface area contributed by atoms with Gasteiger partial charge in [-0.2, -0.15) is 0 Å². The molecule has 1 atom stereocenters. The molecule has 1 N–H and O–H groups in total. The Morgan fingerprint density at radius 3 is 1.43 bits per heavy atom. The molecule has 0 aliphatic carbocycles. The van der Waals surface area contributed by atoms with Gasteiger partial charge in [0.15, 0.2) is 22.9 Å². The second-order valence-electron chi connectivity index (χ2n) is 13.5. The summed E-state index contributed by atoms with van der Waals surface area (Å²) in [6.07, 6.45) is 0.693. The van der Waals surface area contributed by atoms with Gasteiger partial charge in [0.2, 0.25) is 0 Å². The highest BCUT2D eigenvalue weighted by Gasteiger charge is 2.37. The van der Waals surface area contributed by atoms with Crippen molar-refractivity contribution in [2.75, 3.05) is 26.4 Å². The zero-order chi connectivity index (χ0) is 30.0. The van der Waals surface area contributed by atoms with Gasteiger partial charge in [0, 0.05) is 31.6 Å². The first kappa shape index (κ1) is 34.5. The lowest BCUT2D eigenvalue weighted by molar-refractivity contribution is -0.111. The van der Waals surface area contributed by atoms with Crippen LogP contribution in [0, 0.1) is 0 Å². The van der Waals surface area contributed by atoms with Gasteiger partial charge in [-0.15, -0.1) is 0 Å². The molecule has 226 valence electrons. The Morgan fingerprint density at radius 1 is 0.625 bits per heavy atom. The lowest BCUT2D eigenvalue weighted by Crippen LogP contribution is -2.41. The number of hydrogen-bond donors (Lipinski definition) is 1. The van der Waals surface area contributed by atoms with E-state index in [1.807, 2.05) is 48.5 Å². The quantitative estimate of drug-likeness (QED) is 0.120. The SMILES string of the molecule is CC(C)(C)[Si](C)(C)OCCCOc1ccc(COC(O)c2ccc(OCCCO[Si](C)(C)C(C)(C)C)cc2)cc1. The number of aliphatic hydroxyl groups excluding tert-OH is 1. The zero-order valence-electron chi connectivity index (χ0n) is 26.6. The van der Waals surface area contributed by atoms with Crippen LogP contribution in [0.1, 0.15) is 71.8 Å². The summed E-state index contributed by atoms with van der Waals surface area (Å²) in [6.45, 7) is 25.5. The second-order valence-corrected chi connectivity index (χ2v) is 23.1. The maximum absolute atomic E-state index is 10.5. The van der Waals surface area contributed by atoms with Gasteiger partial charge in [0.1, 0.15) is 11.5 Å². The van der Waals surface area contributed by atoms with Crippen LogP contribution in [0.4, 0.5) is 0 Å². The van der Waals surface area contributed by atoms with Gasteiger partial charge in [-0.3, -0.25) is 0 Å². The summed E-state index contributed by atoms with van der Waals surface area (Å²) in [5, 5.41) is 10.9. The van der Waals surface area contributed by atoms with Crippen molar-refractivity contribution >= 4 is 16.6 Å². The molecule has 2 aromatic carbocycles. The lowest BCUT2D eigenvalue weighted by atomic mass is 10.2. The van der Waals surface area contributed by atoms with Crippen molar-refractivity contribution in [1.82, 2.24) is 0 Å². The molecule has 0 aromatic heterocycles. The van der Waals surface area contributed by atoms with E-state index in [0.29, 0.717) is 32.0 Å². The van der Waals surface area contributed by atoms with E-state index >= 15 is 0 Å². The fourth-order valence-electron chi connectivity index (χ4n) is 3.27. The van der Waals surface area contributed by atoms with Crippen LogP contribution in [0.5, 0.6) is 11.5 Å². The standard InChI is InChI=1S/C32H54O6Si2/c1-31(2,3)39(7,8)37-23-11-21-34-28-17-13-26(14-18-28)25-36-30(33)27-15-19-29(20-16-27)35-22-12-24-38-40(9,10)32(4,5)6/h13-20,30,33H,11-12,21-25H2,1-10H3. The molecule has 2 aromatic rings. The van der Waals surface area contributed by atoms with Crippen LogP contribution < -0.4 is 9.47 Å². The molecule has 0 radical (unpaired) electrons. The predicted molar refractivity (Wildman–Crippen MR) is 169 cm³/mol. The summed E-state index contributed by atoms with van der Waals surface area (Å²) >= 11 is 0. The molecule has 6 nitrogen and oxygen atoms in total. The second kappa shape index (κ2) is 15.0. The van der Waals surface area contributed by atoms with E-state index in [2.05, 4.69) is 67.7 Å². The first-order valence-corrected chi connectivity index (χ1v) is 20.4. The molecule has 8 heteroatoms. The number of ether oxygens (including phenoxy) is 3. The van der Waals surface area contributed by atoms with Crippen molar-refractivity contribution in [3.63, 3.8) is 0 Å². The fourth-order valence-corrected chi connectivity index (χ4v) is 5.44. The highest BCUT2D eigenvalue weighted by Crippen LogP contribution is 2.37. The molecule has 0 aliphatic rings. The number of rotatable bonds is 16. The molecular weight excluding hydrogens is 537 g/mol. The molecule has 2 rings (SSSR count). The third-order valence-corrected chi connectivity index (χ3v) is 17.2. The Hall–Kier alpha value is -1.69. The van der Waals surface area contributed by atoms with E-state index in [4.69, 9.17) is 23.1 Å². The Kier molecular flexibility index (Phi) is 12.9. The normalized spacial score (nSPS) is 13.8. The zero-order valence-corrected chi connectivity index (χ0v) is 28.6. The van der Waals surface area contributed by atoms with Crippen LogP contribution in [0.15, 0.2) is 48.5 Å². The number of benzene rings is 2. The van der Waals surface area contributed by atoms with Gasteiger partial charge in [-0.1, -0.05) is 65.8 Å². The van der Waals surface area contributed by atoms with Crippen molar-refractivity contribution in [2.24, 2.45) is 0 Å². The fraction of sp³-hybridized carbons (Fsp3) is 0.625. The van der Waals surface area contributed by atoms with E-state index in [0.717, 1.165) is 36.5 Å². The smallest absolute Gasteiger partial charge is 0.191 e. The largest absolute Gasteiger partial charge is 0.494 e. The summed E-state index contributed by atoms with van der Waals surface area (Å²) in [5.74, 6) is 1.59. The third kappa shape index (κ3) is 11.3. The number of aliphatic hydroxyl groups is 1. The van der Waals surface area contributed by atoms with E-state index in [1.165, 1.54) is 0 Å². The summed E-state index contributed by atoms with van der Waals surface area (Å²) in [4.78, 5) is 0. The van der Waals surface area contributed by atoms with Crippen molar-refractivity contribution in [2.45, 2.75) is 104 Å². The first-order chi connectivity index (χ1) is 18.5. The van der Waals surface area contributed by atoms with Gasteiger partial charge in [-0.25, -0.2) is 0 Å². The molecular formula is C32H54O6Si2. The highest BCUT2D eigenvalue weighted by molar-refractivity contribution is 6.74. The summed E-state index contributed by atoms with van der Waals surface area (Å²) in [6, 6.07) is 15.2. The molecule has 0 fully saturated rings. The average Bonchev–Trinajstić information content (AvgIpc) is 2.86. The van der Waals surface area contributed by atoms with Gasteiger partial charge in [0.25, 0.3) is 0 Å². The predicted octanol–water partition coefficient (Wildman–Crippen LogP) is 8.48. The molecule has 0 bridgehead atoms. The van der Waals surface area contributed by atoms with Gasteiger partial charge in [0.05, 0.1) is 19.8 Å². The molecule has 0 amide bonds. The van der Waals surface area contributed by atoms with Crippen LogP contribution in [-0.2, 0) is 20.2 Å². The van der Waals surface area contributed by atoms with Crippen LogP contribution >= 0.6 is 0 Å². The van der Waals surface area contributed by atoms with Crippen LogP contribution in [0.2, 0.25) is 36.3 Å². The Labute approximate surface area is 245 Å². The highest BCUT2D eigenvalue weighted by atomic mass is 28.4. The lowest BCUT2D eigenvalue weighted by Gasteiger charge is -2.36. The summed E-state index contributed by atoms with van der Waals surface area (Å²) in [5.41, 5.74) is 1.65. The minimum Gasteiger partial charge on any atom is -0.494 e. The van der Waals surface area contributed by atoms with E-state index in [9.17, 15) is 5.11 Å². The van der Waals surface area contributed by atoms with Crippen molar-refractivity contribution in [3.05, 3.63) is 59.7 Å². The Bertz CT molecular complexity index is 992. The molecule has 1 unspecified atom stereocenters. The maximum atomic E-state index is 10.5. The topological polar surface area (TPSA) is 66.4 Å². The minimum absolute atomic E-state index is 0.213. The Balaban J connectivity index is 1.67. The Morgan fingerprint density at radius 2 is 1.02 bits per heavy atom. The van der Waals surface area contributed by atoms with Crippen molar-refractivity contribution in [1.29, 1.82) is 0 Å². The van der Waals surface area contributed by atoms with Crippen LogP contribution in [0.3, 0.4) is 0 Å². The van der Waals surface area contributed by atoms with Crippen molar-refractivity contribution < 1.29 is 28.2 Å². The van der Waals surface area contributed by atoms with E-state index in [-0.39, 0.29) is 10.1 Å². The van der Waals surface area contributed by atoms with Crippen molar-refractivity contribution in [3.8, 4) is 11.5 Å². The molecule has 0 aliphatic heterocycles. The van der Waals surface area contributed by atoms with E-state index < -0.39 is 22.9 Å².